The van der Waals surface area contributed by atoms with Gasteiger partial charge in [0.05, 0.1) is 0 Å². The number of rotatable bonds is 5. The first-order chi connectivity index (χ1) is 6.93. The quantitative estimate of drug-likeness (QED) is 0.430. The standard InChI is InChI=1S/C8H12O6S/c1-2-7(15(10,11)12)4-3-6-5-13-8(9)14-6/h2,6-7H,1,3-5H2,(H,10,11,12). The minimum Gasteiger partial charge on any atom is -0.430 e. The van der Waals surface area contributed by atoms with E-state index in [-0.39, 0.29) is 13.0 Å². The highest BCUT2D eigenvalue weighted by molar-refractivity contribution is 7.86. The van der Waals surface area contributed by atoms with Gasteiger partial charge in [0.1, 0.15) is 18.0 Å². The van der Waals surface area contributed by atoms with Crippen molar-refractivity contribution in [1.29, 1.82) is 0 Å². The molecule has 0 aromatic rings. The Kier molecular flexibility index (Phi) is 3.70. The van der Waals surface area contributed by atoms with E-state index in [0.29, 0.717) is 6.42 Å². The van der Waals surface area contributed by atoms with Crippen LogP contribution in [0.2, 0.25) is 0 Å². The third kappa shape index (κ3) is 3.52. The van der Waals surface area contributed by atoms with Crippen LogP contribution in [0.4, 0.5) is 4.79 Å². The van der Waals surface area contributed by atoms with E-state index in [4.69, 9.17) is 9.29 Å². The zero-order valence-corrected chi connectivity index (χ0v) is 8.77. The summed E-state index contributed by atoms with van der Waals surface area (Å²) in [6.07, 6.45) is 0.405. The Hall–Kier alpha value is -1.08. The van der Waals surface area contributed by atoms with Crippen LogP contribution in [-0.4, -0.2) is 37.1 Å². The number of carbonyl (C=O) groups is 1. The predicted octanol–water partition coefficient (Wildman–Crippen LogP) is 0.744. The van der Waals surface area contributed by atoms with E-state index in [9.17, 15) is 13.2 Å². The molecule has 0 bridgehead atoms. The number of ether oxygens (including phenoxy) is 2. The van der Waals surface area contributed by atoms with Crippen molar-refractivity contribution in [3.05, 3.63) is 12.7 Å². The summed E-state index contributed by atoms with van der Waals surface area (Å²) in [5, 5.41) is -1.03. The van der Waals surface area contributed by atoms with Gasteiger partial charge >= 0.3 is 6.16 Å². The van der Waals surface area contributed by atoms with Crippen LogP contribution in [0.5, 0.6) is 0 Å². The zero-order valence-electron chi connectivity index (χ0n) is 7.96. The molecule has 0 radical (unpaired) electrons. The molecule has 1 aliphatic heterocycles. The molecule has 1 rings (SSSR count). The summed E-state index contributed by atoms with van der Waals surface area (Å²) in [4.78, 5) is 10.5. The minimum absolute atomic E-state index is 0.119. The van der Waals surface area contributed by atoms with Crippen molar-refractivity contribution in [2.45, 2.75) is 24.2 Å². The molecule has 1 saturated heterocycles. The van der Waals surface area contributed by atoms with E-state index in [0.717, 1.165) is 6.08 Å². The fourth-order valence-electron chi connectivity index (χ4n) is 1.25. The van der Waals surface area contributed by atoms with Crippen molar-refractivity contribution in [2.24, 2.45) is 0 Å². The number of hydrogen-bond acceptors (Lipinski definition) is 5. The summed E-state index contributed by atoms with van der Waals surface area (Å²) >= 11 is 0. The molecule has 1 aliphatic rings. The van der Waals surface area contributed by atoms with Gasteiger partial charge in [0.25, 0.3) is 10.1 Å². The summed E-state index contributed by atoms with van der Waals surface area (Å²) in [7, 11) is -4.12. The summed E-state index contributed by atoms with van der Waals surface area (Å²) in [5.41, 5.74) is 0. The first-order valence-corrected chi connectivity index (χ1v) is 5.86. The minimum atomic E-state index is -4.12. The monoisotopic (exact) mass is 236 g/mol. The molecular weight excluding hydrogens is 224 g/mol. The fourth-order valence-corrected chi connectivity index (χ4v) is 1.92. The lowest BCUT2D eigenvalue weighted by atomic mass is 10.1. The van der Waals surface area contributed by atoms with Gasteiger partial charge in [-0.2, -0.15) is 8.42 Å². The van der Waals surface area contributed by atoms with E-state index in [1.807, 2.05) is 0 Å². The molecule has 86 valence electrons. The van der Waals surface area contributed by atoms with E-state index >= 15 is 0 Å². The summed E-state index contributed by atoms with van der Waals surface area (Å²) in [5.74, 6) is 0. The van der Waals surface area contributed by atoms with Gasteiger partial charge in [0, 0.05) is 0 Å². The smallest absolute Gasteiger partial charge is 0.430 e. The molecule has 6 nitrogen and oxygen atoms in total. The van der Waals surface area contributed by atoms with E-state index in [1.165, 1.54) is 0 Å². The van der Waals surface area contributed by atoms with Crippen LogP contribution in [0, 0.1) is 0 Å². The molecule has 2 unspecified atom stereocenters. The Morgan fingerprint density at radius 3 is 2.73 bits per heavy atom. The molecule has 0 amide bonds. The topological polar surface area (TPSA) is 89.9 Å². The lowest BCUT2D eigenvalue weighted by Crippen LogP contribution is -2.21. The lowest BCUT2D eigenvalue weighted by Gasteiger charge is -2.10. The van der Waals surface area contributed by atoms with E-state index in [1.54, 1.807) is 0 Å². The average Bonchev–Trinajstić information content (AvgIpc) is 2.50. The molecular formula is C8H12O6S. The molecule has 0 aromatic carbocycles. The van der Waals surface area contributed by atoms with Crippen LogP contribution in [0.15, 0.2) is 12.7 Å². The second-order valence-electron chi connectivity index (χ2n) is 3.17. The SMILES string of the molecule is C=CC(CCC1COC(=O)O1)S(=O)(=O)O. The normalized spacial score (nSPS) is 23.0. The van der Waals surface area contributed by atoms with Crippen molar-refractivity contribution < 1.29 is 27.2 Å². The first kappa shape index (κ1) is 12.0. The second-order valence-corrected chi connectivity index (χ2v) is 4.80. The predicted molar refractivity (Wildman–Crippen MR) is 51.0 cm³/mol. The highest BCUT2D eigenvalue weighted by atomic mass is 32.2. The Morgan fingerprint density at radius 1 is 1.67 bits per heavy atom. The van der Waals surface area contributed by atoms with Gasteiger partial charge in [-0.15, -0.1) is 6.58 Å². The number of cyclic esters (lactones) is 2. The van der Waals surface area contributed by atoms with Gasteiger partial charge in [0.2, 0.25) is 0 Å². The fraction of sp³-hybridized carbons (Fsp3) is 0.625. The Bertz CT molecular complexity index is 346. The second kappa shape index (κ2) is 4.63. The zero-order chi connectivity index (χ0) is 11.5. The van der Waals surface area contributed by atoms with E-state index < -0.39 is 27.6 Å². The van der Waals surface area contributed by atoms with Crippen LogP contribution < -0.4 is 0 Å². The van der Waals surface area contributed by atoms with Crippen LogP contribution in [0.1, 0.15) is 12.8 Å². The largest absolute Gasteiger partial charge is 0.508 e. The van der Waals surface area contributed by atoms with Crippen LogP contribution in [0.25, 0.3) is 0 Å². The Balaban J connectivity index is 2.42. The van der Waals surface area contributed by atoms with Crippen LogP contribution >= 0.6 is 0 Å². The van der Waals surface area contributed by atoms with Crippen molar-refractivity contribution >= 4 is 16.3 Å². The van der Waals surface area contributed by atoms with Gasteiger partial charge in [-0.1, -0.05) is 6.08 Å². The summed E-state index contributed by atoms with van der Waals surface area (Å²) in [6, 6.07) is 0. The van der Waals surface area contributed by atoms with Crippen LogP contribution in [0.3, 0.4) is 0 Å². The molecule has 1 heterocycles. The maximum atomic E-state index is 10.8. The van der Waals surface area contributed by atoms with Gasteiger partial charge < -0.3 is 9.47 Å². The molecule has 0 spiro atoms. The highest BCUT2D eigenvalue weighted by Crippen LogP contribution is 2.16. The molecule has 7 heteroatoms. The number of carbonyl (C=O) groups excluding carboxylic acids is 1. The first-order valence-electron chi connectivity index (χ1n) is 4.35. The van der Waals surface area contributed by atoms with Gasteiger partial charge in [0.15, 0.2) is 0 Å². The maximum Gasteiger partial charge on any atom is 0.508 e. The summed E-state index contributed by atoms with van der Waals surface area (Å²) < 4.78 is 39.5. The third-order valence-corrected chi connectivity index (χ3v) is 3.26. The Morgan fingerprint density at radius 2 is 2.33 bits per heavy atom. The average molecular weight is 236 g/mol. The van der Waals surface area contributed by atoms with Gasteiger partial charge in [-0.05, 0) is 12.8 Å². The van der Waals surface area contributed by atoms with Gasteiger partial charge in [-0.3, -0.25) is 4.55 Å². The highest BCUT2D eigenvalue weighted by Gasteiger charge is 2.27. The number of hydrogen-bond donors (Lipinski definition) is 1. The third-order valence-electron chi connectivity index (χ3n) is 2.07. The molecule has 1 fully saturated rings. The molecule has 15 heavy (non-hydrogen) atoms. The van der Waals surface area contributed by atoms with E-state index in [2.05, 4.69) is 11.3 Å². The molecule has 0 aromatic heterocycles. The molecule has 1 N–H and O–H groups in total. The summed E-state index contributed by atoms with van der Waals surface area (Å²) in [6.45, 7) is 3.43. The Labute approximate surface area is 87.6 Å². The maximum absolute atomic E-state index is 10.8. The van der Waals surface area contributed by atoms with Crippen LogP contribution in [-0.2, 0) is 19.6 Å². The van der Waals surface area contributed by atoms with Gasteiger partial charge in [-0.25, -0.2) is 4.79 Å². The van der Waals surface area contributed by atoms with Crippen molar-refractivity contribution in [3.8, 4) is 0 Å². The van der Waals surface area contributed by atoms with Crippen molar-refractivity contribution in [1.82, 2.24) is 0 Å². The molecule has 2 atom stereocenters. The lowest BCUT2D eigenvalue weighted by molar-refractivity contribution is 0.115. The van der Waals surface area contributed by atoms with Crippen molar-refractivity contribution in [2.75, 3.05) is 6.61 Å². The van der Waals surface area contributed by atoms with Crippen molar-refractivity contribution in [3.63, 3.8) is 0 Å². The molecule has 0 saturated carbocycles. The molecule has 0 aliphatic carbocycles.